The first-order valence-electron chi connectivity index (χ1n) is 9.62. The van der Waals surface area contributed by atoms with E-state index in [1.54, 1.807) is 0 Å². The van der Waals surface area contributed by atoms with Crippen LogP contribution in [-0.4, -0.2) is 18.5 Å². The molecule has 1 amide bonds. The molecule has 0 radical (unpaired) electrons. The second-order valence-electron chi connectivity index (χ2n) is 7.23. The fourth-order valence-corrected chi connectivity index (χ4v) is 4.21. The number of thiocyanates is 1. The zero-order chi connectivity index (χ0) is 19.6. The number of hydrogen-bond donors (Lipinski definition) is 1. The van der Waals surface area contributed by atoms with Crippen LogP contribution in [0.4, 0.5) is 5.69 Å². The second kappa shape index (κ2) is 11.0. The molecule has 1 aromatic rings. The van der Waals surface area contributed by atoms with Crippen molar-refractivity contribution in [2.45, 2.75) is 70.1 Å². The van der Waals surface area contributed by atoms with Crippen molar-refractivity contribution in [2.75, 3.05) is 11.9 Å². The van der Waals surface area contributed by atoms with Crippen molar-refractivity contribution in [2.24, 2.45) is 5.92 Å². The Morgan fingerprint density at radius 2 is 1.89 bits per heavy atom. The molecular weight excluding hydrogens is 360 g/mol. The van der Waals surface area contributed by atoms with Gasteiger partial charge in [0.15, 0.2) is 6.61 Å². The molecular formula is C21H28N2O3S. The Bertz CT molecular complexity index is 683. The minimum absolute atomic E-state index is 0.268. The molecule has 0 unspecified atom stereocenters. The van der Waals surface area contributed by atoms with E-state index in [0.717, 1.165) is 46.5 Å². The number of esters is 1. The van der Waals surface area contributed by atoms with Crippen molar-refractivity contribution in [3.63, 3.8) is 0 Å². The molecule has 1 N–H and O–H groups in total. The van der Waals surface area contributed by atoms with Gasteiger partial charge in [0.05, 0.1) is 0 Å². The van der Waals surface area contributed by atoms with Crippen LogP contribution in [0.3, 0.4) is 0 Å². The molecule has 0 aliphatic heterocycles. The maximum atomic E-state index is 12.1. The monoisotopic (exact) mass is 388 g/mol. The molecule has 27 heavy (non-hydrogen) atoms. The van der Waals surface area contributed by atoms with Crippen LogP contribution in [0, 0.1) is 30.4 Å². The lowest BCUT2D eigenvalue weighted by molar-refractivity contribution is -0.147. The molecule has 0 heterocycles. The first-order chi connectivity index (χ1) is 13.0. The van der Waals surface area contributed by atoms with E-state index in [0.29, 0.717) is 12.1 Å². The average molecular weight is 389 g/mol. The first-order valence-corrected chi connectivity index (χ1v) is 10.4. The van der Waals surface area contributed by atoms with E-state index in [1.165, 1.54) is 32.1 Å². The van der Waals surface area contributed by atoms with Gasteiger partial charge in [-0.1, -0.05) is 32.1 Å². The lowest BCUT2D eigenvalue weighted by atomic mass is 9.86. The lowest BCUT2D eigenvalue weighted by Crippen LogP contribution is -2.22. The molecule has 0 saturated heterocycles. The van der Waals surface area contributed by atoms with Gasteiger partial charge >= 0.3 is 5.97 Å². The second-order valence-corrected chi connectivity index (χ2v) is 8.09. The average Bonchev–Trinajstić information content (AvgIpc) is 2.64. The molecule has 1 fully saturated rings. The van der Waals surface area contributed by atoms with Crippen molar-refractivity contribution < 1.29 is 14.3 Å². The lowest BCUT2D eigenvalue weighted by Gasteiger charge is -2.20. The molecule has 5 nitrogen and oxygen atoms in total. The van der Waals surface area contributed by atoms with Crippen LogP contribution in [0.25, 0.3) is 0 Å². The standard InChI is InChI=1S/C21H28N2O3S/c1-15-11-18(27-14-22)12-16(2)21(15)23-19(24)13-26-20(25)10-6-9-17-7-4-3-5-8-17/h11-12,17H,3-10,13H2,1-2H3,(H,23,24). The zero-order valence-corrected chi connectivity index (χ0v) is 17.0. The summed E-state index contributed by atoms with van der Waals surface area (Å²) in [5.74, 6) is 0.0978. The van der Waals surface area contributed by atoms with E-state index in [4.69, 9.17) is 10.00 Å². The molecule has 1 aromatic carbocycles. The Labute approximate surface area is 165 Å². The highest BCUT2D eigenvalue weighted by Crippen LogP contribution is 2.28. The summed E-state index contributed by atoms with van der Waals surface area (Å²) in [6.07, 6.45) is 8.81. The van der Waals surface area contributed by atoms with E-state index in [9.17, 15) is 9.59 Å². The number of hydrogen-bond acceptors (Lipinski definition) is 5. The Kier molecular flexibility index (Phi) is 8.66. The minimum atomic E-state index is -0.345. The third kappa shape index (κ3) is 7.26. The largest absolute Gasteiger partial charge is 0.456 e. The topological polar surface area (TPSA) is 79.2 Å². The van der Waals surface area contributed by atoms with Gasteiger partial charge in [-0.25, -0.2) is 0 Å². The number of aryl methyl sites for hydroxylation is 2. The van der Waals surface area contributed by atoms with Crippen LogP contribution >= 0.6 is 11.8 Å². The fraction of sp³-hybridized carbons (Fsp3) is 0.571. The van der Waals surface area contributed by atoms with Gasteiger partial charge < -0.3 is 10.1 Å². The highest BCUT2D eigenvalue weighted by Gasteiger charge is 2.15. The van der Waals surface area contributed by atoms with Crippen LogP contribution in [0.2, 0.25) is 0 Å². The Morgan fingerprint density at radius 3 is 2.52 bits per heavy atom. The summed E-state index contributed by atoms with van der Waals surface area (Å²) < 4.78 is 5.11. The van der Waals surface area contributed by atoms with E-state index >= 15 is 0 Å². The predicted octanol–water partition coefficient (Wildman–Crippen LogP) is 5.11. The number of benzene rings is 1. The van der Waals surface area contributed by atoms with Gasteiger partial charge in [-0.3, -0.25) is 9.59 Å². The number of ether oxygens (including phenoxy) is 1. The number of nitrogens with zero attached hydrogens (tertiary/aromatic N) is 1. The Morgan fingerprint density at radius 1 is 1.22 bits per heavy atom. The highest BCUT2D eigenvalue weighted by atomic mass is 32.2. The number of nitrogens with one attached hydrogen (secondary N) is 1. The molecule has 2 rings (SSSR count). The summed E-state index contributed by atoms with van der Waals surface area (Å²) >= 11 is 1.09. The van der Waals surface area contributed by atoms with E-state index in [-0.39, 0.29) is 18.5 Å². The number of carbonyl (C=O) groups excluding carboxylic acids is 2. The van der Waals surface area contributed by atoms with Gasteiger partial charge in [0.2, 0.25) is 0 Å². The van der Waals surface area contributed by atoms with Crippen molar-refractivity contribution >= 4 is 29.3 Å². The number of carbonyl (C=O) groups is 2. The van der Waals surface area contributed by atoms with E-state index in [2.05, 4.69) is 5.32 Å². The summed E-state index contributed by atoms with van der Waals surface area (Å²) in [4.78, 5) is 24.8. The minimum Gasteiger partial charge on any atom is -0.456 e. The first kappa shape index (κ1) is 21.3. The van der Waals surface area contributed by atoms with Gasteiger partial charge in [-0.05, 0) is 67.6 Å². The quantitative estimate of drug-likeness (QED) is 0.380. The molecule has 0 atom stereocenters. The molecule has 0 aromatic heterocycles. The van der Waals surface area contributed by atoms with Gasteiger partial charge in [0.1, 0.15) is 5.40 Å². The summed E-state index contributed by atoms with van der Waals surface area (Å²) in [5.41, 5.74) is 2.45. The third-order valence-electron chi connectivity index (χ3n) is 5.02. The van der Waals surface area contributed by atoms with Crippen molar-refractivity contribution in [1.82, 2.24) is 0 Å². The number of nitriles is 1. The van der Waals surface area contributed by atoms with Crippen LogP contribution in [-0.2, 0) is 14.3 Å². The van der Waals surface area contributed by atoms with Crippen LogP contribution in [0.5, 0.6) is 0 Å². The molecule has 6 heteroatoms. The summed E-state index contributed by atoms with van der Waals surface area (Å²) in [7, 11) is 0. The van der Waals surface area contributed by atoms with Crippen LogP contribution in [0.1, 0.15) is 62.5 Å². The van der Waals surface area contributed by atoms with Crippen LogP contribution in [0.15, 0.2) is 17.0 Å². The highest BCUT2D eigenvalue weighted by molar-refractivity contribution is 8.03. The molecule has 0 bridgehead atoms. The Balaban J connectivity index is 1.72. The normalized spacial score (nSPS) is 14.4. The third-order valence-corrected chi connectivity index (χ3v) is 5.58. The maximum Gasteiger partial charge on any atom is 0.306 e. The van der Waals surface area contributed by atoms with Crippen molar-refractivity contribution in [1.29, 1.82) is 5.26 Å². The van der Waals surface area contributed by atoms with E-state index in [1.807, 2.05) is 31.4 Å². The van der Waals surface area contributed by atoms with Crippen molar-refractivity contribution in [3.05, 3.63) is 23.3 Å². The molecule has 1 aliphatic rings. The molecule has 1 saturated carbocycles. The summed E-state index contributed by atoms with van der Waals surface area (Å²) in [5, 5.41) is 13.6. The van der Waals surface area contributed by atoms with Gasteiger partial charge in [0, 0.05) is 17.0 Å². The predicted molar refractivity (Wildman–Crippen MR) is 107 cm³/mol. The maximum absolute atomic E-state index is 12.1. The van der Waals surface area contributed by atoms with Gasteiger partial charge in [-0.15, -0.1) is 0 Å². The van der Waals surface area contributed by atoms with Crippen molar-refractivity contribution in [3.8, 4) is 5.40 Å². The number of rotatable bonds is 8. The number of anilines is 1. The molecule has 1 aliphatic carbocycles. The number of thioether (sulfide) groups is 1. The molecule has 0 spiro atoms. The molecule has 146 valence electrons. The van der Waals surface area contributed by atoms with Gasteiger partial charge in [-0.2, -0.15) is 5.26 Å². The summed E-state index contributed by atoms with van der Waals surface area (Å²) in [6.45, 7) is 3.48. The smallest absolute Gasteiger partial charge is 0.306 e. The fourth-order valence-electron chi connectivity index (χ4n) is 3.64. The number of amides is 1. The SMILES string of the molecule is Cc1cc(SC#N)cc(C)c1NC(=O)COC(=O)CCCC1CCCCC1. The van der Waals surface area contributed by atoms with Gasteiger partial charge in [0.25, 0.3) is 5.91 Å². The Hall–Kier alpha value is -2.00. The zero-order valence-electron chi connectivity index (χ0n) is 16.2. The summed E-state index contributed by atoms with van der Waals surface area (Å²) in [6, 6.07) is 3.71. The van der Waals surface area contributed by atoms with E-state index < -0.39 is 0 Å². The van der Waals surface area contributed by atoms with Crippen LogP contribution < -0.4 is 5.32 Å².